The number of ether oxygens (including phenoxy) is 1. The summed E-state index contributed by atoms with van der Waals surface area (Å²) in [4.78, 5) is 21.6. The quantitative estimate of drug-likeness (QED) is 0.824. The van der Waals surface area contributed by atoms with Crippen molar-refractivity contribution in [2.75, 3.05) is 37.7 Å². The summed E-state index contributed by atoms with van der Waals surface area (Å²) in [6, 6.07) is 14.3. The van der Waals surface area contributed by atoms with Crippen LogP contribution in [0.25, 0.3) is 0 Å². The number of fused-ring (bicyclic) bond motifs is 1. The van der Waals surface area contributed by atoms with Crippen LogP contribution in [-0.2, 0) is 10.3 Å². The Bertz CT molecular complexity index is 898. The summed E-state index contributed by atoms with van der Waals surface area (Å²) in [7, 11) is 0. The zero-order valence-corrected chi connectivity index (χ0v) is 17.9. The summed E-state index contributed by atoms with van der Waals surface area (Å²) >= 11 is 0. The molecule has 5 rings (SSSR count). The molecule has 1 saturated carbocycles. The van der Waals surface area contributed by atoms with Crippen LogP contribution < -0.4 is 4.90 Å². The van der Waals surface area contributed by atoms with E-state index in [1.54, 1.807) is 6.20 Å². The third-order valence-electron chi connectivity index (χ3n) is 7.34. The van der Waals surface area contributed by atoms with Gasteiger partial charge in [-0.15, -0.1) is 0 Å². The van der Waals surface area contributed by atoms with E-state index in [-0.39, 0.29) is 17.9 Å². The highest BCUT2D eigenvalue weighted by molar-refractivity contribution is 5.94. The van der Waals surface area contributed by atoms with Gasteiger partial charge in [0, 0.05) is 37.8 Å². The molecule has 6 nitrogen and oxygen atoms in total. The number of aliphatic hydroxyl groups is 1. The third kappa shape index (κ3) is 3.83. The third-order valence-corrected chi connectivity index (χ3v) is 7.34. The van der Waals surface area contributed by atoms with E-state index in [0.717, 1.165) is 37.2 Å². The molecule has 1 aromatic carbocycles. The molecule has 2 aromatic rings. The Labute approximate surface area is 183 Å². The zero-order valence-electron chi connectivity index (χ0n) is 17.9. The Balaban J connectivity index is 1.37. The van der Waals surface area contributed by atoms with E-state index >= 15 is 0 Å². The van der Waals surface area contributed by atoms with Crippen molar-refractivity contribution in [1.82, 2.24) is 9.88 Å². The number of aromatic nitrogens is 1. The van der Waals surface area contributed by atoms with E-state index in [9.17, 15) is 9.90 Å². The molecule has 0 unspecified atom stereocenters. The Morgan fingerprint density at radius 3 is 2.55 bits per heavy atom. The molecule has 3 atom stereocenters. The molecule has 31 heavy (non-hydrogen) atoms. The Morgan fingerprint density at radius 1 is 1.03 bits per heavy atom. The molecule has 3 aliphatic rings. The van der Waals surface area contributed by atoms with Gasteiger partial charge in [-0.2, -0.15) is 0 Å². The van der Waals surface area contributed by atoms with E-state index in [1.165, 1.54) is 6.42 Å². The van der Waals surface area contributed by atoms with Gasteiger partial charge >= 0.3 is 0 Å². The van der Waals surface area contributed by atoms with Gasteiger partial charge in [-0.1, -0.05) is 43.2 Å². The fraction of sp³-hybridized carbons (Fsp3) is 0.520. The number of hydrogen-bond donors (Lipinski definition) is 1. The molecule has 0 spiro atoms. The number of pyridine rings is 1. The number of carbonyl (C=O) groups is 1. The number of nitrogens with zero attached hydrogens (tertiary/aromatic N) is 3. The Kier molecular flexibility index (Phi) is 5.67. The summed E-state index contributed by atoms with van der Waals surface area (Å²) in [5.74, 6) is 1.12. The minimum absolute atomic E-state index is 0.0231. The zero-order chi connectivity index (χ0) is 21.3. The molecule has 1 aliphatic carbocycles. The normalized spacial score (nSPS) is 28.8. The SMILES string of the molecule is O=C(c1ccc(N2CC[C@@](O)(c3ccccc3)[C@H]3CCCC[C@H]32)nc1)N1CCOCC1. The monoisotopic (exact) mass is 421 g/mol. The molecule has 0 bridgehead atoms. The first kappa shape index (κ1) is 20.5. The van der Waals surface area contributed by atoms with Gasteiger partial charge in [-0.25, -0.2) is 4.98 Å². The van der Waals surface area contributed by atoms with E-state index in [2.05, 4.69) is 17.0 Å². The summed E-state index contributed by atoms with van der Waals surface area (Å²) in [5.41, 5.74) is 0.879. The highest BCUT2D eigenvalue weighted by atomic mass is 16.5. The molecule has 164 valence electrons. The molecule has 3 heterocycles. The van der Waals surface area contributed by atoms with Crippen LogP contribution in [0.2, 0.25) is 0 Å². The van der Waals surface area contributed by atoms with Crippen molar-refractivity contribution >= 4 is 11.7 Å². The lowest BCUT2D eigenvalue weighted by molar-refractivity contribution is -0.0690. The number of carbonyl (C=O) groups excluding carboxylic acids is 1. The smallest absolute Gasteiger partial charge is 0.255 e. The highest BCUT2D eigenvalue weighted by Gasteiger charge is 2.49. The summed E-state index contributed by atoms with van der Waals surface area (Å²) in [5, 5.41) is 11.8. The predicted molar refractivity (Wildman–Crippen MR) is 119 cm³/mol. The number of hydrogen-bond acceptors (Lipinski definition) is 5. The maximum Gasteiger partial charge on any atom is 0.255 e. The second kappa shape index (κ2) is 8.60. The van der Waals surface area contributed by atoms with Gasteiger partial charge < -0.3 is 19.6 Å². The van der Waals surface area contributed by atoms with E-state index in [0.29, 0.717) is 38.3 Å². The lowest BCUT2D eigenvalue weighted by Gasteiger charge is -2.53. The maximum absolute atomic E-state index is 12.7. The first-order chi connectivity index (χ1) is 15.2. The number of morpholine rings is 1. The Morgan fingerprint density at radius 2 is 1.81 bits per heavy atom. The maximum atomic E-state index is 12.7. The number of amides is 1. The van der Waals surface area contributed by atoms with Gasteiger partial charge in [0.1, 0.15) is 5.82 Å². The van der Waals surface area contributed by atoms with E-state index < -0.39 is 5.60 Å². The molecule has 0 radical (unpaired) electrons. The van der Waals surface area contributed by atoms with Gasteiger partial charge in [-0.3, -0.25) is 4.79 Å². The van der Waals surface area contributed by atoms with Crippen LogP contribution in [0.15, 0.2) is 48.7 Å². The average Bonchev–Trinajstić information content (AvgIpc) is 2.85. The molecular formula is C25H31N3O3. The highest BCUT2D eigenvalue weighted by Crippen LogP contribution is 2.47. The fourth-order valence-electron chi connectivity index (χ4n) is 5.68. The number of benzene rings is 1. The van der Waals surface area contributed by atoms with Crippen molar-refractivity contribution in [1.29, 1.82) is 0 Å². The minimum atomic E-state index is -0.783. The van der Waals surface area contributed by atoms with Crippen molar-refractivity contribution in [3.05, 3.63) is 59.8 Å². The van der Waals surface area contributed by atoms with Gasteiger partial charge in [0.2, 0.25) is 0 Å². The van der Waals surface area contributed by atoms with Crippen molar-refractivity contribution in [2.45, 2.75) is 43.7 Å². The van der Waals surface area contributed by atoms with Gasteiger partial charge in [0.05, 0.1) is 24.4 Å². The van der Waals surface area contributed by atoms with Crippen molar-refractivity contribution < 1.29 is 14.6 Å². The van der Waals surface area contributed by atoms with Crippen LogP contribution in [0.5, 0.6) is 0 Å². The van der Waals surface area contributed by atoms with Crippen LogP contribution >= 0.6 is 0 Å². The topological polar surface area (TPSA) is 65.9 Å². The summed E-state index contributed by atoms with van der Waals surface area (Å²) in [6.45, 7) is 3.22. The molecule has 1 amide bonds. The largest absolute Gasteiger partial charge is 0.385 e. The van der Waals surface area contributed by atoms with E-state index in [4.69, 9.17) is 9.72 Å². The second-order valence-corrected chi connectivity index (χ2v) is 9.00. The van der Waals surface area contributed by atoms with E-state index in [1.807, 2.05) is 35.2 Å². The van der Waals surface area contributed by atoms with Crippen LogP contribution in [0.4, 0.5) is 5.82 Å². The first-order valence-electron chi connectivity index (χ1n) is 11.5. The van der Waals surface area contributed by atoms with Crippen LogP contribution in [-0.4, -0.2) is 59.8 Å². The predicted octanol–water partition coefficient (Wildman–Crippen LogP) is 3.21. The Hall–Kier alpha value is -2.44. The molecule has 2 saturated heterocycles. The molecule has 1 aromatic heterocycles. The van der Waals surface area contributed by atoms with Crippen molar-refractivity contribution in [2.24, 2.45) is 5.92 Å². The lowest BCUT2D eigenvalue weighted by Crippen LogP contribution is -2.57. The van der Waals surface area contributed by atoms with Gasteiger partial charge in [-0.05, 0) is 37.0 Å². The first-order valence-corrected chi connectivity index (χ1v) is 11.5. The molecular weight excluding hydrogens is 390 g/mol. The standard InChI is InChI=1S/C25H31N3O3/c29-24(27-14-16-31-17-15-27)19-10-11-23(26-18-19)28-13-12-25(30,20-6-2-1-3-7-20)21-8-4-5-9-22(21)28/h1-3,6-7,10-11,18,21-22,30H,4-5,8-9,12-17H2/t21-,22+,25+/m0/s1. The molecule has 6 heteroatoms. The van der Waals surface area contributed by atoms with Gasteiger partial charge in [0.15, 0.2) is 0 Å². The number of anilines is 1. The fourth-order valence-corrected chi connectivity index (χ4v) is 5.68. The van der Waals surface area contributed by atoms with Crippen LogP contribution in [0.3, 0.4) is 0 Å². The average molecular weight is 422 g/mol. The summed E-state index contributed by atoms with van der Waals surface area (Å²) in [6.07, 6.45) is 6.83. The van der Waals surface area contributed by atoms with Crippen LogP contribution in [0, 0.1) is 5.92 Å². The molecule has 3 fully saturated rings. The van der Waals surface area contributed by atoms with Gasteiger partial charge in [0.25, 0.3) is 5.91 Å². The summed E-state index contributed by atoms with van der Waals surface area (Å²) < 4.78 is 5.35. The second-order valence-electron chi connectivity index (χ2n) is 9.00. The van der Waals surface area contributed by atoms with Crippen molar-refractivity contribution in [3.8, 4) is 0 Å². The minimum Gasteiger partial charge on any atom is -0.385 e. The molecule has 1 N–H and O–H groups in total. The number of rotatable bonds is 3. The van der Waals surface area contributed by atoms with Crippen LogP contribution in [0.1, 0.15) is 48.0 Å². The van der Waals surface area contributed by atoms with Crippen molar-refractivity contribution in [3.63, 3.8) is 0 Å². The lowest BCUT2D eigenvalue weighted by atomic mass is 9.66. The molecule has 2 aliphatic heterocycles. The number of piperidine rings is 1.